The molecule has 19 heavy (non-hydrogen) atoms. The summed E-state index contributed by atoms with van der Waals surface area (Å²) >= 11 is 22.7. The number of benzene rings is 1. The van der Waals surface area contributed by atoms with Gasteiger partial charge in [0, 0.05) is 0 Å². The highest BCUT2D eigenvalue weighted by Crippen LogP contribution is 2.35. The Labute approximate surface area is 126 Å². The number of Topliss-reactive ketones (excluding diaryl/α,β-unsaturated/α-hetero) is 1. The van der Waals surface area contributed by atoms with Crippen LogP contribution in [0.1, 0.15) is 10.4 Å². The highest BCUT2D eigenvalue weighted by Gasteiger charge is 2.25. The van der Waals surface area contributed by atoms with Crippen molar-refractivity contribution in [2.24, 2.45) is 0 Å². The summed E-state index contributed by atoms with van der Waals surface area (Å²) in [7, 11) is 0. The lowest BCUT2D eigenvalue weighted by Gasteiger charge is -2.09. The fourth-order valence-electron chi connectivity index (χ4n) is 1.65. The Hall–Kier alpha value is -0.940. The minimum absolute atomic E-state index is 0.0612. The van der Waals surface area contributed by atoms with Crippen LogP contribution < -0.4 is 5.56 Å². The highest BCUT2D eigenvalue weighted by atomic mass is 35.5. The van der Waals surface area contributed by atoms with Crippen molar-refractivity contribution >= 4 is 63.1 Å². The van der Waals surface area contributed by atoms with Crippen molar-refractivity contribution in [3.63, 3.8) is 0 Å². The molecule has 0 saturated heterocycles. The summed E-state index contributed by atoms with van der Waals surface area (Å²) in [6.07, 6.45) is 0. The van der Waals surface area contributed by atoms with Gasteiger partial charge in [0.15, 0.2) is 4.84 Å². The molecule has 100 valence electrons. The molecule has 1 heterocycles. The zero-order chi connectivity index (χ0) is 14.3. The number of carbonyl (C=O) groups excluding carboxylic acids is 1. The van der Waals surface area contributed by atoms with Gasteiger partial charge in [-0.05, 0) is 12.1 Å². The van der Waals surface area contributed by atoms with Gasteiger partial charge in [0.25, 0.3) is 5.56 Å². The number of fused-ring (bicyclic) bond motifs is 1. The Morgan fingerprint density at radius 2 is 1.79 bits per heavy atom. The first-order valence-corrected chi connectivity index (χ1v) is 6.52. The number of aromatic nitrogens is 1. The lowest BCUT2D eigenvalue weighted by molar-refractivity contribution is 0.100. The fourth-order valence-corrected chi connectivity index (χ4v) is 2.32. The van der Waals surface area contributed by atoms with Crippen LogP contribution in [0.15, 0.2) is 16.9 Å². The van der Waals surface area contributed by atoms with Gasteiger partial charge in [-0.2, -0.15) is 0 Å². The molecule has 0 aliphatic rings. The van der Waals surface area contributed by atoms with Crippen LogP contribution in [-0.2, 0) is 0 Å². The van der Waals surface area contributed by atoms with Gasteiger partial charge in [0.1, 0.15) is 11.3 Å². The van der Waals surface area contributed by atoms with Crippen LogP contribution in [0.4, 0.5) is 0 Å². The lowest BCUT2D eigenvalue weighted by atomic mass is 10.1. The Balaban J connectivity index is 2.94. The van der Waals surface area contributed by atoms with Gasteiger partial charge in [0.05, 0.1) is 20.9 Å². The Bertz CT molecular complexity index is 739. The normalized spacial score (nSPS) is 11.2. The van der Waals surface area contributed by atoms with Gasteiger partial charge in [0.2, 0.25) is 5.78 Å². The van der Waals surface area contributed by atoms with E-state index in [-0.39, 0.29) is 20.9 Å². The number of H-pyrrole nitrogens is 1. The third-order valence-corrected chi connectivity index (χ3v) is 3.51. The van der Waals surface area contributed by atoms with E-state index in [4.69, 9.17) is 46.4 Å². The maximum atomic E-state index is 11.8. The quantitative estimate of drug-likeness (QED) is 0.649. The number of carbonyl (C=O) groups is 1. The Morgan fingerprint density at radius 3 is 2.37 bits per heavy atom. The molecule has 0 radical (unpaired) electrons. The molecule has 0 spiro atoms. The van der Waals surface area contributed by atoms with Crippen LogP contribution in [0.3, 0.4) is 0 Å². The molecule has 2 N–H and O–H groups in total. The smallest absolute Gasteiger partial charge is 0.263 e. The number of aromatic amines is 1. The number of alkyl halides is 2. The van der Waals surface area contributed by atoms with E-state index >= 15 is 0 Å². The Kier molecular flexibility index (Phi) is 3.97. The second-order valence-electron chi connectivity index (χ2n) is 3.62. The van der Waals surface area contributed by atoms with Crippen molar-refractivity contribution in [2.75, 3.05) is 0 Å². The predicted octanol–water partition coefficient (Wildman–Crippen LogP) is 3.53. The van der Waals surface area contributed by atoms with E-state index in [1.807, 2.05) is 0 Å². The Morgan fingerprint density at radius 1 is 1.21 bits per heavy atom. The minimum atomic E-state index is -1.47. The number of nitrogens with one attached hydrogen (secondary N) is 1. The van der Waals surface area contributed by atoms with Crippen LogP contribution in [0, 0.1) is 0 Å². The largest absolute Gasteiger partial charge is 0.506 e. The zero-order valence-corrected chi connectivity index (χ0v) is 12.0. The van der Waals surface area contributed by atoms with Gasteiger partial charge >= 0.3 is 0 Å². The predicted molar refractivity (Wildman–Crippen MR) is 76.1 cm³/mol. The molecule has 0 amide bonds. The number of ketones is 1. The maximum Gasteiger partial charge on any atom is 0.263 e. The maximum absolute atomic E-state index is 11.8. The SMILES string of the molecule is O=C(c1c(O)c2c(Cl)ccc(Cl)c2[nH]c1=O)C(Cl)Cl. The summed E-state index contributed by atoms with van der Waals surface area (Å²) in [4.78, 5) is 24.4. The third-order valence-electron chi connectivity index (χ3n) is 2.49. The van der Waals surface area contributed by atoms with E-state index < -0.39 is 27.5 Å². The van der Waals surface area contributed by atoms with E-state index in [1.54, 1.807) is 0 Å². The van der Waals surface area contributed by atoms with Crippen molar-refractivity contribution in [3.05, 3.63) is 38.1 Å². The van der Waals surface area contributed by atoms with E-state index in [9.17, 15) is 14.7 Å². The topological polar surface area (TPSA) is 70.2 Å². The third kappa shape index (κ3) is 2.41. The van der Waals surface area contributed by atoms with Crippen LogP contribution in [0.5, 0.6) is 5.75 Å². The van der Waals surface area contributed by atoms with Crippen LogP contribution >= 0.6 is 46.4 Å². The molecule has 2 aromatic rings. The summed E-state index contributed by atoms with van der Waals surface area (Å²) < 4.78 is 0. The van der Waals surface area contributed by atoms with E-state index in [1.165, 1.54) is 12.1 Å². The molecule has 0 atom stereocenters. The molecule has 1 aromatic heterocycles. The van der Waals surface area contributed by atoms with Crippen molar-refractivity contribution in [1.29, 1.82) is 0 Å². The highest BCUT2D eigenvalue weighted by molar-refractivity contribution is 6.55. The molecule has 0 aliphatic heterocycles. The number of hydrogen-bond acceptors (Lipinski definition) is 3. The molecular weight excluding hydrogens is 336 g/mol. The van der Waals surface area contributed by atoms with Crippen LogP contribution in [-0.4, -0.2) is 20.7 Å². The summed E-state index contributed by atoms with van der Waals surface area (Å²) in [5.74, 6) is -1.51. The molecule has 0 aliphatic carbocycles. The molecule has 0 bridgehead atoms. The van der Waals surface area contributed by atoms with E-state index in [2.05, 4.69) is 4.98 Å². The van der Waals surface area contributed by atoms with Crippen molar-refractivity contribution < 1.29 is 9.90 Å². The first-order valence-electron chi connectivity index (χ1n) is 4.90. The van der Waals surface area contributed by atoms with Crippen molar-refractivity contribution in [2.45, 2.75) is 4.84 Å². The molecule has 4 nitrogen and oxygen atoms in total. The second-order valence-corrected chi connectivity index (χ2v) is 5.53. The monoisotopic (exact) mass is 339 g/mol. The summed E-state index contributed by atoms with van der Waals surface area (Å²) in [5, 5.41) is 10.4. The van der Waals surface area contributed by atoms with Crippen LogP contribution in [0.25, 0.3) is 10.9 Å². The number of pyridine rings is 1. The lowest BCUT2D eigenvalue weighted by Crippen LogP contribution is -2.22. The standard InChI is InChI=1S/C11H5Cl4NO3/c12-3-1-2-4(13)7-5(3)8(17)6(11(19)16-7)9(18)10(14)15/h1-2,10H,(H2,16,17,19). The summed E-state index contributed by atoms with van der Waals surface area (Å²) in [5.41, 5.74) is -1.26. The van der Waals surface area contributed by atoms with E-state index in [0.717, 1.165) is 0 Å². The molecule has 1 aromatic carbocycles. The number of hydrogen-bond donors (Lipinski definition) is 2. The molecule has 0 fully saturated rings. The fraction of sp³-hybridized carbons (Fsp3) is 0.0909. The molecular formula is C11H5Cl4NO3. The minimum Gasteiger partial charge on any atom is -0.506 e. The first kappa shape index (κ1) is 14.5. The zero-order valence-electron chi connectivity index (χ0n) is 9.01. The van der Waals surface area contributed by atoms with Gasteiger partial charge in [-0.1, -0.05) is 46.4 Å². The van der Waals surface area contributed by atoms with Gasteiger partial charge in [-0.3, -0.25) is 9.59 Å². The van der Waals surface area contributed by atoms with Gasteiger partial charge in [-0.15, -0.1) is 0 Å². The molecule has 2 rings (SSSR count). The molecule has 8 heteroatoms. The summed E-state index contributed by atoms with van der Waals surface area (Å²) in [6, 6.07) is 2.88. The van der Waals surface area contributed by atoms with Gasteiger partial charge in [-0.25, -0.2) is 0 Å². The van der Waals surface area contributed by atoms with Crippen molar-refractivity contribution in [3.8, 4) is 5.75 Å². The number of rotatable bonds is 2. The van der Waals surface area contributed by atoms with E-state index in [0.29, 0.717) is 0 Å². The second kappa shape index (κ2) is 5.21. The van der Waals surface area contributed by atoms with Gasteiger partial charge < -0.3 is 10.1 Å². The van der Waals surface area contributed by atoms with Crippen molar-refractivity contribution in [1.82, 2.24) is 4.98 Å². The van der Waals surface area contributed by atoms with Crippen LogP contribution in [0.2, 0.25) is 10.0 Å². The number of halogens is 4. The average molecular weight is 341 g/mol. The molecule has 0 unspecified atom stereocenters. The summed E-state index contributed by atoms with van der Waals surface area (Å²) in [6.45, 7) is 0. The number of aromatic hydroxyl groups is 1. The first-order chi connectivity index (χ1) is 8.84. The average Bonchev–Trinajstić information content (AvgIpc) is 2.33. The molecule has 0 saturated carbocycles.